The van der Waals surface area contributed by atoms with E-state index < -0.39 is 0 Å². The zero-order chi connectivity index (χ0) is 11.5. The fraction of sp³-hybridized carbons (Fsp3) is 0.833. The van der Waals surface area contributed by atoms with E-state index in [1.807, 2.05) is 0 Å². The second kappa shape index (κ2) is 9.69. The molecule has 0 bridgehead atoms. The molecule has 0 saturated heterocycles. The van der Waals surface area contributed by atoms with E-state index in [2.05, 4.69) is 6.92 Å². The van der Waals surface area contributed by atoms with Gasteiger partial charge >= 0.3 is 0 Å². The third-order valence-electron chi connectivity index (χ3n) is 2.84. The van der Waals surface area contributed by atoms with Crippen LogP contribution in [0.25, 0.3) is 0 Å². The Labute approximate surface area is 91.9 Å². The third kappa shape index (κ3) is 7.11. The summed E-state index contributed by atoms with van der Waals surface area (Å²) < 4.78 is 0. The first-order chi connectivity index (χ1) is 7.26. The van der Waals surface area contributed by atoms with Crippen LogP contribution in [0.15, 0.2) is 0 Å². The lowest BCUT2D eigenvalue weighted by molar-refractivity contribution is -0.125. The van der Waals surface area contributed by atoms with Gasteiger partial charge in [0.1, 0.15) is 5.78 Å². The molecule has 0 radical (unpaired) electrons. The first-order valence-corrected chi connectivity index (χ1v) is 5.86. The number of hydrogen-bond acceptors (Lipinski definition) is 2. The van der Waals surface area contributed by atoms with Gasteiger partial charge in [-0.25, -0.2) is 0 Å². The van der Waals surface area contributed by atoms with Gasteiger partial charge in [-0.15, -0.1) is 0 Å². The van der Waals surface area contributed by atoms with Gasteiger partial charge in [-0.2, -0.15) is 0 Å². The van der Waals surface area contributed by atoms with Crippen LogP contribution in [0.3, 0.4) is 0 Å². The molecule has 1 aliphatic carbocycles. The van der Waals surface area contributed by atoms with Crippen LogP contribution < -0.4 is 0 Å². The van der Waals surface area contributed by atoms with Crippen molar-refractivity contribution in [3.8, 4) is 0 Å². The summed E-state index contributed by atoms with van der Waals surface area (Å²) in [6.07, 6.45) is 9.43. The Morgan fingerprint density at radius 3 is 2.60 bits per heavy atom. The minimum Gasteiger partial charge on any atom is -0.483 e. The molecule has 1 unspecified atom stereocenters. The van der Waals surface area contributed by atoms with Crippen LogP contribution in [-0.4, -0.2) is 17.4 Å². The fourth-order valence-electron chi connectivity index (χ4n) is 2.00. The van der Waals surface area contributed by atoms with Crippen molar-refractivity contribution in [2.75, 3.05) is 0 Å². The van der Waals surface area contributed by atoms with Crippen molar-refractivity contribution >= 4 is 12.3 Å². The van der Waals surface area contributed by atoms with E-state index in [9.17, 15) is 4.79 Å². The molecule has 3 heteroatoms. The minimum absolute atomic E-state index is 0.250. The summed E-state index contributed by atoms with van der Waals surface area (Å²) in [5, 5.41) is 6.89. The van der Waals surface area contributed by atoms with Gasteiger partial charge < -0.3 is 5.11 Å². The van der Waals surface area contributed by atoms with Crippen molar-refractivity contribution in [1.29, 1.82) is 0 Å². The summed E-state index contributed by atoms with van der Waals surface area (Å²) in [4.78, 5) is 19.7. The Morgan fingerprint density at radius 1 is 1.40 bits per heavy atom. The monoisotopic (exact) mass is 214 g/mol. The molecule has 15 heavy (non-hydrogen) atoms. The molecule has 0 aromatic heterocycles. The average molecular weight is 214 g/mol. The summed E-state index contributed by atoms with van der Waals surface area (Å²) in [5.74, 6) is 0.975. The van der Waals surface area contributed by atoms with Crippen LogP contribution in [0.2, 0.25) is 0 Å². The first-order valence-electron chi connectivity index (χ1n) is 5.86. The van der Waals surface area contributed by atoms with Gasteiger partial charge in [-0.1, -0.05) is 32.6 Å². The van der Waals surface area contributed by atoms with Crippen molar-refractivity contribution in [1.82, 2.24) is 0 Å². The molecule has 1 saturated carbocycles. The molecule has 0 spiro atoms. The Balaban J connectivity index is 0.000000583. The van der Waals surface area contributed by atoms with Crippen LogP contribution in [0.1, 0.15) is 58.3 Å². The number of unbranched alkanes of at least 4 members (excludes halogenated alkanes) is 2. The predicted octanol–water partition coefficient (Wildman–Crippen LogP) is 3.03. The first kappa shape index (κ1) is 14.1. The van der Waals surface area contributed by atoms with E-state index in [1.165, 1.54) is 32.1 Å². The molecule has 0 heterocycles. The second-order valence-corrected chi connectivity index (χ2v) is 4.01. The molecular formula is C12H22O3. The van der Waals surface area contributed by atoms with Crippen molar-refractivity contribution < 1.29 is 14.7 Å². The van der Waals surface area contributed by atoms with Crippen LogP contribution in [-0.2, 0) is 9.59 Å². The molecule has 0 aromatic carbocycles. The van der Waals surface area contributed by atoms with E-state index in [4.69, 9.17) is 9.90 Å². The molecule has 1 atom stereocenters. The molecule has 1 aliphatic rings. The van der Waals surface area contributed by atoms with Crippen molar-refractivity contribution in [3.63, 3.8) is 0 Å². The number of rotatable bonds is 4. The molecular weight excluding hydrogens is 192 g/mol. The Kier molecular flexibility index (Phi) is 9.13. The summed E-state index contributed by atoms with van der Waals surface area (Å²) in [6.45, 7) is 1.96. The number of hydrogen-bond donors (Lipinski definition) is 1. The number of Topliss-reactive ketones (excluding diaryl/α,β-unsaturated/α-hetero) is 1. The smallest absolute Gasteiger partial charge is 0.290 e. The van der Waals surface area contributed by atoms with Crippen molar-refractivity contribution in [3.05, 3.63) is 0 Å². The van der Waals surface area contributed by atoms with E-state index in [-0.39, 0.29) is 6.47 Å². The van der Waals surface area contributed by atoms with Crippen molar-refractivity contribution in [2.45, 2.75) is 58.3 Å². The molecule has 1 fully saturated rings. The quantitative estimate of drug-likeness (QED) is 0.578. The molecule has 3 nitrogen and oxygen atoms in total. The van der Waals surface area contributed by atoms with Gasteiger partial charge in [0.15, 0.2) is 0 Å². The van der Waals surface area contributed by atoms with E-state index in [0.717, 1.165) is 19.3 Å². The average Bonchev–Trinajstić information content (AvgIpc) is 2.22. The normalized spacial score (nSPS) is 20.3. The maximum Gasteiger partial charge on any atom is 0.290 e. The van der Waals surface area contributed by atoms with Gasteiger partial charge in [0.2, 0.25) is 0 Å². The topological polar surface area (TPSA) is 54.4 Å². The lowest BCUT2D eigenvalue weighted by Crippen LogP contribution is -2.18. The van der Waals surface area contributed by atoms with Crippen LogP contribution in [0.4, 0.5) is 0 Å². The molecule has 88 valence electrons. The summed E-state index contributed by atoms with van der Waals surface area (Å²) in [6, 6.07) is 0. The van der Waals surface area contributed by atoms with Gasteiger partial charge in [-0.3, -0.25) is 9.59 Å². The number of carbonyl (C=O) groups is 2. The predicted molar refractivity (Wildman–Crippen MR) is 59.8 cm³/mol. The number of carbonyl (C=O) groups excluding carboxylic acids is 1. The summed E-state index contributed by atoms with van der Waals surface area (Å²) in [5.41, 5.74) is 0. The van der Waals surface area contributed by atoms with Gasteiger partial charge in [-0.05, 0) is 19.3 Å². The fourth-order valence-corrected chi connectivity index (χ4v) is 2.00. The molecule has 0 aliphatic heterocycles. The minimum atomic E-state index is -0.250. The molecule has 0 amide bonds. The van der Waals surface area contributed by atoms with Gasteiger partial charge in [0.05, 0.1) is 0 Å². The van der Waals surface area contributed by atoms with Crippen LogP contribution >= 0.6 is 0 Å². The van der Waals surface area contributed by atoms with E-state index >= 15 is 0 Å². The maximum atomic E-state index is 11.4. The Bertz CT molecular complexity index is 178. The molecule has 1 N–H and O–H groups in total. The third-order valence-corrected chi connectivity index (χ3v) is 2.84. The maximum absolute atomic E-state index is 11.4. The SMILES string of the molecule is CCCCCC1CCCCC1=O.O=CO. The molecule has 1 rings (SSSR count). The van der Waals surface area contributed by atoms with E-state index in [0.29, 0.717) is 11.7 Å². The Hall–Kier alpha value is -0.860. The zero-order valence-corrected chi connectivity index (χ0v) is 9.58. The lowest BCUT2D eigenvalue weighted by Gasteiger charge is -2.19. The second-order valence-electron chi connectivity index (χ2n) is 4.01. The highest BCUT2D eigenvalue weighted by Gasteiger charge is 2.20. The van der Waals surface area contributed by atoms with E-state index in [1.54, 1.807) is 0 Å². The zero-order valence-electron chi connectivity index (χ0n) is 9.58. The summed E-state index contributed by atoms with van der Waals surface area (Å²) in [7, 11) is 0. The largest absolute Gasteiger partial charge is 0.483 e. The molecule has 0 aromatic rings. The van der Waals surface area contributed by atoms with Crippen LogP contribution in [0, 0.1) is 5.92 Å². The Morgan fingerprint density at radius 2 is 2.07 bits per heavy atom. The standard InChI is InChI=1S/C11H20O.CH2O2/c1-2-3-4-7-10-8-5-6-9-11(10)12;2-1-3/h10H,2-9H2,1H3;1H,(H,2,3). The van der Waals surface area contributed by atoms with Crippen LogP contribution in [0.5, 0.6) is 0 Å². The highest BCUT2D eigenvalue weighted by molar-refractivity contribution is 5.81. The number of carboxylic acid groups (broad SMARTS) is 1. The van der Waals surface area contributed by atoms with Crippen molar-refractivity contribution in [2.24, 2.45) is 5.92 Å². The lowest BCUT2D eigenvalue weighted by atomic mass is 9.84. The van der Waals surface area contributed by atoms with Gasteiger partial charge in [0.25, 0.3) is 6.47 Å². The highest BCUT2D eigenvalue weighted by Crippen LogP contribution is 2.25. The highest BCUT2D eigenvalue weighted by atomic mass is 16.3. The number of ketones is 1. The van der Waals surface area contributed by atoms with Gasteiger partial charge in [0, 0.05) is 12.3 Å². The summed E-state index contributed by atoms with van der Waals surface area (Å²) >= 11 is 0.